The third kappa shape index (κ3) is 5.85. The van der Waals surface area contributed by atoms with E-state index in [4.69, 9.17) is 5.11 Å². The van der Waals surface area contributed by atoms with Crippen LogP contribution >= 0.6 is 12.4 Å². The molecule has 0 radical (unpaired) electrons. The zero-order chi connectivity index (χ0) is 7.28. The second-order valence-electron chi connectivity index (χ2n) is 1.99. The largest absolute Gasteiger partial charge is 0.481 e. The fraction of sp³-hybridized carbons (Fsp3) is 0.833. The zero-order valence-electron chi connectivity index (χ0n) is 6.26. The molecule has 2 N–H and O–H groups in total. The minimum absolute atomic E-state index is 0. The molecule has 4 heteroatoms. The fourth-order valence-corrected chi connectivity index (χ4v) is 0.661. The number of carboxylic acids is 1. The van der Waals surface area contributed by atoms with Crippen molar-refractivity contribution in [2.75, 3.05) is 7.05 Å². The smallest absolute Gasteiger partial charge is 0.304 e. The van der Waals surface area contributed by atoms with E-state index in [2.05, 4.69) is 5.32 Å². The van der Waals surface area contributed by atoms with Crippen LogP contribution in [0.2, 0.25) is 0 Å². The van der Waals surface area contributed by atoms with Gasteiger partial charge in [0.1, 0.15) is 0 Å². The van der Waals surface area contributed by atoms with Crippen molar-refractivity contribution in [2.24, 2.45) is 0 Å². The maximum Gasteiger partial charge on any atom is 0.304 e. The van der Waals surface area contributed by atoms with E-state index in [0.29, 0.717) is 0 Å². The Kier molecular flexibility index (Phi) is 8.48. The molecule has 0 aliphatic carbocycles. The summed E-state index contributed by atoms with van der Waals surface area (Å²) in [6, 6.07) is 0.127. The predicted molar refractivity (Wildman–Crippen MR) is 42.6 cm³/mol. The van der Waals surface area contributed by atoms with Crippen LogP contribution in [0.25, 0.3) is 0 Å². The van der Waals surface area contributed by atoms with E-state index < -0.39 is 5.97 Å². The quantitative estimate of drug-likeness (QED) is 0.654. The van der Waals surface area contributed by atoms with Gasteiger partial charge in [0.15, 0.2) is 0 Å². The lowest BCUT2D eigenvalue weighted by Crippen LogP contribution is -2.26. The molecule has 0 aromatic carbocycles. The molecule has 62 valence electrons. The molecule has 0 aliphatic heterocycles. The van der Waals surface area contributed by atoms with Crippen molar-refractivity contribution >= 4 is 18.4 Å². The average molecular weight is 168 g/mol. The standard InChI is InChI=1S/C6H13NO2.ClH/c1-3-5(7-2)4-6(8)9;/h5,7H,3-4H2,1-2H3,(H,8,9);1H/t5-;/m1./s1. The van der Waals surface area contributed by atoms with Crippen molar-refractivity contribution in [3.63, 3.8) is 0 Å². The Morgan fingerprint density at radius 3 is 2.30 bits per heavy atom. The minimum Gasteiger partial charge on any atom is -0.481 e. The van der Waals surface area contributed by atoms with E-state index >= 15 is 0 Å². The number of hydrogen-bond donors (Lipinski definition) is 2. The summed E-state index contributed by atoms with van der Waals surface area (Å²) in [7, 11) is 1.77. The van der Waals surface area contributed by atoms with Gasteiger partial charge in [-0.2, -0.15) is 0 Å². The van der Waals surface area contributed by atoms with Crippen LogP contribution in [0.1, 0.15) is 19.8 Å². The molecule has 0 bridgehead atoms. The second kappa shape index (κ2) is 6.83. The first-order valence-electron chi connectivity index (χ1n) is 3.09. The number of nitrogens with one attached hydrogen (secondary N) is 1. The lowest BCUT2D eigenvalue weighted by atomic mass is 10.1. The summed E-state index contributed by atoms with van der Waals surface area (Å²) in [6.45, 7) is 1.96. The Morgan fingerprint density at radius 2 is 2.20 bits per heavy atom. The lowest BCUT2D eigenvalue weighted by Gasteiger charge is -2.08. The van der Waals surface area contributed by atoms with Crippen molar-refractivity contribution in [3.8, 4) is 0 Å². The summed E-state index contributed by atoms with van der Waals surface area (Å²) in [6.07, 6.45) is 1.08. The lowest BCUT2D eigenvalue weighted by molar-refractivity contribution is -0.137. The van der Waals surface area contributed by atoms with E-state index in [0.717, 1.165) is 6.42 Å². The predicted octanol–water partition coefficient (Wildman–Crippen LogP) is 0.881. The van der Waals surface area contributed by atoms with Gasteiger partial charge in [-0.15, -0.1) is 12.4 Å². The molecule has 3 nitrogen and oxygen atoms in total. The van der Waals surface area contributed by atoms with Crippen molar-refractivity contribution in [2.45, 2.75) is 25.8 Å². The molecule has 0 unspecified atom stereocenters. The summed E-state index contributed by atoms with van der Waals surface area (Å²) < 4.78 is 0. The normalized spacial score (nSPS) is 11.8. The third-order valence-corrected chi connectivity index (χ3v) is 1.32. The van der Waals surface area contributed by atoms with Crippen molar-refractivity contribution in [3.05, 3.63) is 0 Å². The van der Waals surface area contributed by atoms with Gasteiger partial charge in [0.25, 0.3) is 0 Å². The van der Waals surface area contributed by atoms with Gasteiger partial charge >= 0.3 is 5.97 Å². The van der Waals surface area contributed by atoms with Gasteiger partial charge in [0.05, 0.1) is 6.42 Å². The van der Waals surface area contributed by atoms with Crippen LogP contribution in [0.4, 0.5) is 0 Å². The Hall–Kier alpha value is -0.280. The molecule has 0 rings (SSSR count). The first-order valence-corrected chi connectivity index (χ1v) is 3.09. The first kappa shape index (κ1) is 12.4. The summed E-state index contributed by atoms with van der Waals surface area (Å²) in [5, 5.41) is 11.2. The van der Waals surface area contributed by atoms with Gasteiger partial charge in [-0.1, -0.05) is 6.92 Å². The van der Waals surface area contributed by atoms with Crippen LogP contribution < -0.4 is 5.32 Å². The molecule has 0 spiro atoms. The molecule has 0 aromatic rings. The summed E-state index contributed by atoms with van der Waals surface area (Å²) in [4.78, 5) is 10.1. The Bertz CT molecular complexity index is 93.7. The number of aliphatic carboxylic acids is 1. The highest BCUT2D eigenvalue weighted by Gasteiger charge is 2.06. The van der Waals surface area contributed by atoms with Crippen molar-refractivity contribution in [1.82, 2.24) is 5.32 Å². The van der Waals surface area contributed by atoms with Crippen LogP contribution in [0.3, 0.4) is 0 Å². The Labute approximate surface area is 67.2 Å². The van der Waals surface area contributed by atoms with Gasteiger partial charge in [0.2, 0.25) is 0 Å². The Balaban J connectivity index is 0. The molecular weight excluding hydrogens is 154 g/mol. The molecule has 0 aliphatic rings. The van der Waals surface area contributed by atoms with Crippen LogP contribution in [0.5, 0.6) is 0 Å². The topological polar surface area (TPSA) is 49.3 Å². The van der Waals surface area contributed by atoms with Crippen LogP contribution in [-0.2, 0) is 4.79 Å². The van der Waals surface area contributed by atoms with Crippen LogP contribution in [0, 0.1) is 0 Å². The maximum absolute atomic E-state index is 10.1. The number of carboxylic acid groups (broad SMARTS) is 1. The molecule has 0 amide bonds. The fourth-order valence-electron chi connectivity index (χ4n) is 0.661. The van der Waals surface area contributed by atoms with Gasteiger partial charge in [0, 0.05) is 6.04 Å². The van der Waals surface area contributed by atoms with Crippen molar-refractivity contribution < 1.29 is 9.90 Å². The van der Waals surface area contributed by atoms with Crippen LogP contribution in [0.15, 0.2) is 0 Å². The van der Waals surface area contributed by atoms with Crippen molar-refractivity contribution in [1.29, 1.82) is 0 Å². The van der Waals surface area contributed by atoms with E-state index in [9.17, 15) is 4.79 Å². The zero-order valence-corrected chi connectivity index (χ0v) is 7.07. The minimum atomic E-state index is -0.740. The Morgan fingerprint density at radius 1 is 1.70 bits per heavy atom. The molecule has 0 saturated carbocycles. The molecule has 0 aromatic heterocycles. The monoisotopic (exact) mass is 167 g/mol. The molecule has 1 atom stereocenters. The van der Waals surface area contributed by atoms with E-state index in [1.54, 1.807) is 7.05 Å². The van der Waals surface area contributed by atoms with E-state index in [1.165, 1.54) is 0 Å². The maximum atomic E-state index is 10.1. The van der Waals surface area contributed by atoms with Gasteiger partial charge in [-0.05, 0) is 13.5 Å². The van der Waals surface area contributed by atoms with Crippen LogP contribution in [-0.4, -0.2) is 24.2 Å². The highest BCUT2D eigenvalue weighted by atomic mass is 35.5. The first-order chi connectivity index (χ1) is 4.20. The average Bonchev–Trinajstić information content (AvgIpc) is 1.82. The SMILES string of the molecule is CC[C@H](CC(=O)O)NC.Cl. The number of rotatable bonds is 4. The molecule has 0 fully saturated rings. The second-order valence-corrected chi connectivity index (χ2v) is 1.99. The highest BCUT2D eigenvalue weighted by Crippen LogP contribution is 1.94. The van der Waals surface area contributed by atoms with Gasteiger partial charge in [-0.3, -0.25) is 4.79 Å². The third-order valence-electron chi connectivity index (χ3n) is 1.32. The summed E-state index contributed by atoms with van der Waals surface area (Å²) in [5.41, 5.74) is 0. The summed E-state index contributed by atoms with van der Waals surface area (Å²) >= 11 is 0. The highest BCUT2D eigenvalue weighted by molar-refractivity contribution is 5.85. The number of hydrogen-bond acceptors (Lipinski definition) is 2. The number of halogens is 1. The van der Waals surface area contributed by atoms with Gasteiger partial charge < -0.3 is 10.4 Å². The van der Waals surface area contributed by atoms with Gasteiger partial charge in [-0.25, -0.2) is 0 Å². The van der Waals surface area contributed by atoms with E-state index in [1.807, 2.05) is 6.92 Å². The molecule has 0 saturated heterocycles. The van der Waals surface area contributed by atoms with E-state index in [-0.39, 0.29) is 24.9 Å². The molecule has 10 heavy (non-hydrogen) atoms. The number of carbonyl (C=O) groups is 1. The molecule has 0 heterocycles. The summed E-state index contributed by atoms with van der Waals surface area (Å²) in [5.74, 6) is -0.740. The molecular formula is C6H14ClNO2.